The second-order valence-electron chi connectivity index (χ2n) is 3.77. The fraction of sp³-hybridized carbons (Fsp3) is 0.400. The number of rotatable bonds is 2. The van der Waals surface area contributed by atoms with Gasteiger partial charge in [0, 0.05) is 0 Å². The predicted octanol–water partition coefficient (Wildman–Crippen LogP) is 1.23. The number of halogens is 1. The smallest absolute Gasteiger partial charge is 0.231 e. The summed E-state index contributed by atoms with van der Waals surface area (Å²) in [7, 11) is 0. The molecule has 1 aliphatic heterocycles. The van der Waals surface area contributed by atoms with Gasteiger partial charge in [-0.1, -0.05) is 11.6 Å². The van der Waals surface area contributed by atoms with Crippen molar-refractivity contribution in [2.24, 2.45) is 5.73 Å². The van der Waals surface area contributed by atoms with Crippen molar-refractivity contribution in [3.63, 3.8) is 0 Å². The predicted molar refractivity (Wildman–Crippen MR) is 56.2 cm³/mol. The number of hydrogen-bond donors (Lipinski definition) is 2. The number of benzene rings is 1. The molecule has 0 saturated heterocycles. The summed E-state index contributed by atoms with van der Waals surface area (Å²) in [5.74, 6) is 1.11. The van der Waals surface area contributed by atoms with Crippen LogP contribution in [0.5, 0.6) is 11.5 Å². The molecule has 1 aromatic rings. The maximum atomic E-state index is 9.15. The van der Waals surface area contributed by atoms with Crippen molar-refractivity contribution >= 4 is 11.6 Å². The van der Waals surface area contributed by atoms with Gasteiger partial charge >= 0.3 is 0 Å². The Morgan fingerprint density at radius 2 is 2.27 bits per heavy atom. The fourth-order valence-corrected chi connectivity index (χ4v) is 1.65. The molecular formula is C10H12ClNO3. The van der Waals surface area contributed by atoms with Crippen LogP contribution < -0.4 is 15.2 Å². The second kappa shape index (κ2) is 3.56. The van der Waals surface area contributed by atoms with E-state index in [9.17, 15) is 0 Å². The Balaban J connectivity index is 2.48. The average molecular weight is 230 g/mol. The van der Waals surface area contributed by atoms with E-state index in [0.29, 0.717) is 16.5 Å². The third kappa shape index (κ3) is 1.76. The highest BCUT2D eigenvalue weighted by atomic mass is 35.5. The summed E-state index contributed by atoms with van der Waals surface area (Å²) >= 11 is 6.00. The Bertz CT molecular complexity index is 392. The first-order valence-electron chi connectivity index (χ1n) is 4.54. The normalized spacial score (nSPS) is 17.6. The standard InChI is InChI=1S/C10H12ClNO3/c1-10(12,4-13)6-2-7(11)9-8(3-6)14-5-15-9/h2-3,13H,4-5,12H2,1H3. The monoisotopic (exact) mass is 229 g/mol. The Kier molecular flexibility index (Phi) is 2.50. The van der Waals surface area contributed by atoms with E-state index in [1.807, 2.05) is 0 Å². The summed E-state index contributed by atoms with van der Waals surface area (Å²) in [6.45, 7) is 1.72. The van der Waals surface area contributed by atoms with Crippen molar-refractivity contribution < 1.29 is 14.6 Å². The van der Waals surface area contributed by atoms with Crippen molar-refractivity contribution in [1.82, 2.24) is 0 Å². The molecule has 0 fully saturated rings. The zero-order valence-electron chi connectivity index (χ0n) is 8.29. The van der Waals surface area contributed by atoms with Crippen molar-refractivity contribution in [2.45, 2.75) is 12.5 Å². The average Bonchev–Trinajstić information content (AvgIpc) is 2.66. The van der Waals surface area contributed by atoms with Gasteiger partial charge in [-0.3, -0.25) is 0 Å². The summed E-state index contributed by atoms with van der Waals surface area (Å²) in [6.07, 6.45) is 0. The molecule has 0 aliphatic carbocycles. The Labute approximate surface area is 92.5 Å². The SMILES string of the molecule is CC(N)(CO)c1cc(Cl)c2c(c1)OCO2. The Morgan fingerprint density at radius 3 is 2.93 bits per heavy atom. The first-order valence-corrected chi connectivity index (χ1v) is 4.92. The lowest BCUT2D eigenvalue weighted by Gasteiger charge is -2.22. The summed E-state index contributed by atoms with van der Waals surface area (Å²) in [4.78, 5) is 0. The molecular weight excluding hydrogens is 218 g/mol. The van der Waals surface area contributed by atoms with Gasteiger partial charge in [-0.25, -0.2) is 0 Å². The van der Waals surface area contributed by atoms with E-state index in [4.69, 9.17) is 31.9 Å². The van der Waals surface area contributed by atoms with Crippen molar-refractivity contribution in [3.05, 3.63) is 22.7 Å². The molecule has 1 aromatic carbocycles. The highest BCUT2D eigenvalue weighted by Gasteiger charge is 2.26. The Morgan fingerprint density at radius 1 is 1.53 bits per heavy atom. The number of hydrogen-bond acceptors (Lipinski definition) is 4. The molecule has 2 rings (SSSR count). The molecule has 3 N–H and O–H groups in total. The van der Waals surface area contributed by atoms with Gasteiger partial charge in [0.2, 0.25) is 6.79 Å². The third-order valence-electron chi connectivity index (χ3n) is 2.42. The van der Waals surface area contributed by atoms with E-state index >= 15 is 0 Å². The maximum absolute atomic E-state index is 9.15. The first kappa shape index (κ1) is 10.5. The van der Waals surface area contributed by atoms with E-state index < -0.39 is 5.54 Å². The largest absolute Gasteiger partial charge is 0.454 e. The lowest BCUT2D eigenvalue weighted by molar-refractivity contribution is 0.173. The zero-order chi connectivity index (χ0) is 11.1. The van der Waals surface area contributed by atoms with Gasteiger partial charge in [-0.05, 0) is 24.6 Å². The number of aliphatic hydroxyl groups is 1. The number of ether oxygens (including phenoxy) is 2. The van der Waals surface area contributed by atoms with Gasteiger partial charge in [0.15, 0.2) is 11.5 Å². The lowest BCUT2D eigenvalue weighted by Crippen LogP contribution is -2.36. The van der Waals surface area contributed by atoms with Crippen molar-refractivity contribution in [2.75, 3.05) is 13.4 Å². The molecule has 0 radical (unpaired) electrons. The zero-order valence-corrected chi connectivity index (χ0v) is 9.04. The second-order valence-corrected chi connectivity index (χ2v) is 4.17. The molecule has 1 aliphatic rings. The van der Waals surface area contributed by atoms with Gasteiger partial charge in [0.05, 0.1) is 17.2 Å². The minimum absolute atomic E-state index is 0.164. The topological polar surface area (TPSA) is 64.7 Å². The summed E-state index contributed by atoms with van der Waals surface area (Å²) < 4.78 is 10.4. The van der Waals surface area contributed by atoms with E-state index in [1.165, 1.54) is 0 Å². The molecule has 5 heteroatoms. The van der Waals surface area contributed by atoms with Crippen molar-refractivity contribution in [3.8, 4) is 11.5 Å². The van der Waals surface area contributed by atoms with Crippen LogP contribution in [0.4, 0.5) is 0 Å². The maximum Gasteiger partial charge on any atom is 0.231 e. The molecule has 1 atom stereocenters. The molecule has 0 spiro atoms. The van der Waals surface area contributed by atoms with Crippen LogP contribution in [0.25, 0.3) is 0 Å². The van der Waals surface area contributed by atoms with Crippen LogP contribution in [0.15, 0.2) is 12.1 Å². The van der Waals surface area contributed by atoms with E-state index in [0.717, 1.165) is 5.56 Å². The van der Waals surface area contributed by atoms with Gasteiger partial charge in [-0.15, -0.1) is 0 Å². The third-order valence-corrected chi connectivity index (χ3v) is 2.70. The van der Waals surface area contributed by atoms with Crippen molar-refractivity contribution in [1.29, 1.82) is 0 Å². The first-order chi connectivity index (χ1) is 7.04. The lowest BCUT2D eigenvalue weighted by atomic mass is 9.94. The molecule has 0 amide bonds. The van der Waals surface area contributed by atoms with Crippen LogP contribution in [0.2, 0.25) is 5.02 Å². The van der Waals surface area contributed by atoms with Gasteiger partial charge < -0.3 is 20.3 Å². The van der Waals surface area contributed by atoms with Gasteiger partial charge in [-0.2, -0.15) is 0 Å². The van der Waals surface area contributed by atoms with Crippen LogP contribution in [0, 0.1) is 0 Å². The molecule has 1 unspecified atom stereocenters. The molecule has 0 bridgehead atoms. The molecule has 0 aromatic heterocycles. The van der Waals surface area contributed by atoms with E-state index in [2.05, 4.69) is 0 Å². The van der Waals surface area contributed by atoms with Gasteiger partial charge in [0.25, 0.3) is 0 Å². The molecule has 0 saturated carbocycles. The van der Waals surface area contributed by atoms with E-state index in [1.54, 1.807) is 19.1 Å². The van der Waals surface area contributed by atoms with Crippen LogP contribution in [0.3, 0.4) is 0 Å². The molecule has 82 valence electrons. The van der Waals surface area contributed by atoms with Crippen LogP contribution in [0.1, 0.15) is 12.5 Å². The van der Waals surface area contributed by atoms with Gasteiger partial charge in [0.1, 0.15) is 0 Å². The fourth-order valence-electron chi connectivity index (χ4n) is 1.39. The molecule has 1 heterocycles. The highest BCUT2D eigenvalue weighted by molar-refractivity contribution is 6.32. The van der Waals surface area contributed by atoms with Crippen LogP contribution in [-0.2, 0) is 5.54 Å². The van der Waals surface area contributed by atoms with E-state index in [-0.39, 0.29) is 13.4 Å². The Hall–Kier alpha value is -0.970. The summed E-state index contributed by atoms with van der Waals surface area (Å²) in [5.41, 5.74) is 5.79. The quantitative estimate of drug-likeness (QED) is 0.801. The minimum Gasteiger partial charge on any atom is -0.454 e. The number of fused-ring (bicyclic) bond motifs is 1. The summed E-state index contributed by atoms with van der Waals surface area (Å²) in [6, 6.07) is 3.43. The van der Waals surface area contributed by atoms with Crippen LogP contribution in [-0.4, -0.2) is 18.5 Å². The van der Waals surface area contributed by atoms with Crippen LogP contribution >= 0.6 is 11.6 Å². The molecule has 4 nitrogen and oxygen atoms in total. The highest BCUT2D eigenvalue weighted by Crippen LogP contribution is 2.41. The number of aliphatic hydroxyl groups excluding tert-OH is 1. The summed E-state index contributed by atoms with van der Waals surface area (Å²) in [5, 5.41) is 9.60. The number of nitrogens with two attached hydrogens (primary N) is 1. The molecule has 15 heavy (non-hydrogen) atoms. The minimum atomic E-state index is -0.829.